The molecule has 1 aliphatic carbocycles. The average molecular weight is 303 g/mol. The largest absolute Gasteiger partial charge is 0.335 e. The zero-order valence-corrected chi connectivity index (χ0v) is 13.5. The van der Waals surface area contributed by atoms with Crippen molar-refractivity contribution in [3.63, 3.8) is 0 Å². The van der Waals surface area contributed by atoms with Crippen molar-refractivity contribution in [2.24, 2.45) is 5.92 Å². The van der Waals surface area contributed by atoms with Gasteiger partial charge in [0, 0.05) is 23.3 Å². The lowest BCUT2D eigenvalue weighted by molar-refractivity contribution is -0.117. The Bertz CT molecular complexity index is 553. The maximum absolute atomic E-state index is 12.0. The van der Waals surface area contributed by atoms with E-state index in [1.807, 2.05) is 26.0 Å². The summed E-state index contributed by atoms with van der Waals surface area (Å²) in [6.45, 7) is 6.01. The molecule has 2 rings (SSSR count). The lowest BCUT2D eigenvalue weighted by Crippen LogP contribution is -2.36. The topological polar surface area (TPSA) is 70.2 Å². The number of anilines is 2. The quantitative estimate of drug-likeness (QED) is 0.750. The average Bonchev–Trinajstić information content (AvgIpc) is 3.27. The third kappa shape index (κ3) is 4.76. The van der Waals surface area contributed by atoms with E-state index in [0.29, 0.717) is 0 Å². The highest BCUT2D eigenvalue weighted by atomic mass is 16.2. The number of aryl methyl sites for hydroxylation is 1. The van der Waals surface area contributed by atoms with Gasteiger partial charge in [-0.25, -0.2) is 4.79 Å². The molecule has 3 amide bonds. The van der Waals surface area contributed by atoms with Crippen LogP contribution in [0.25, 0.3) is 0 Å². The van der Waals surface area contributed by atoms with Crippen molar-refractivity contribution in [3.05, 3.63) is 23.8 Å². The zero-order chi connectivity index (χ0) is 16.1. The Morgan fingerprint density at radius 2 is 2.00 bits per heavy atom. The third-order valence-electron chi connectivity index (χ3n) is 3.80. The van der Waals surface area contributed by atoms with E-state index in [4.69, 9.17) is 0 Å². The van der Waals surface area contributed by atoms with Crippen LogP contribution in [0.5, 0.6) is 0 Å². The number of hydrogen-bond donors (Lipinski definition) is 3. The maximum atomic E-state index is 12.0. The van der Waals surface area contributed by atoms with Crippen LogP contribution in [0.4, 0.5) is 16.2 Å². The molecule has 22 heavy (non-hydrogen) atoms. The molecule has 0 unspecified atom stereocenters. The van der Waals surface area contributed by atoms with Crippen LogP contribution in [0.15, 0.2) is 18.2 Å². The Labute approximate surface area is 131 Å². The molecule has 0 aromatic heterocycles. The number of benzene rings is 1. The Morgan fingerprint density at radius 1 is 1.27 bits per heavy atom. The number of hydrogen-bond acceptors (Lipinski definition) is 2. The molecule has 0 aliphatic heterocycles. The van der Waals surface area contributed by atoms with Gasteiger partial charge in [-0.1, -0.05) is 19.4 Å². The molecule has 1 aromatic rings. The van der Waals surface area contributed by atoms with E-state index in [2.05, 4.69) is 22.9 Å². The highest BCUT2D eigenvalue weighted by Crippen LogP contribution is 2.30. The van der Waals surface area contributed by atoms with Crippen LogP contribution >= 0.6 is 0 Å². The molecule has 0 radical (unpaired) electrons. The molecular weight excluding hydrogens is 278 g/mol. The maximum Gasteiger partial charge on any atom is 0.319 e. The Balaban J connectivity index is 1.96. The Kier molecular flexibility index (Phi) is 5.41. The second kappa shape index (κ2) is 7.29. The first-order valence-electron chi connectivity index (χ1n) is 7.98. The van der Waals surface area contributed by atoms with Gasteiger partial charge >= 0.3 is 6.03 Å². The molecule has 1 atom stereocenters. The predicted octanol–water partition coefficient (Wildman–Crippen LogP) is 3.65. The van der Waals surface area contributed by atoms with E-state index >= 15 is 0 Å². The van der Waals surface area contributed by atoms with Gasteiger partial charge in [0.1, 0.15) is 0 Å². The van der Waals surface area contributed by atoms with E-state index < -0.39 is 0 Å². The Hall–Kier alpha value is -2.04. The van der Waals surface area contributed by atoms with E-state index in [1.54, 1.807) is 6.07 Å². The first-order valence-corrected chi connectivity index (χ1v) is 7.98. The van der Waals surface area contributed by atoms with Crippen molar-refractivity contribution < 1.29 is 9.59 Å². The second-order valence-corrected chi connectivity index (χ2v) is 6.08. The fraction of sp³-hybridized carbons (Fsp3) is 0.529. The van der Waals surface area contributed by atoms with Gasteiger partial charge in [0.2, 0.25) is 5.91 Å². The summed E-state index contributed by atoms with van der Waals surface area (Å²) in [6, 6.07) is 5.49. The van der Waals surface area contributed by atoms with Gasteiger partial charge in [-0.3, -0.25) is 4.79 Å². The van der Waals surface area contributed by atoms with Crippen LogP contribution in [-0.4, -0.2) is 18.0 Å². The van der Waals surface area contributed by atoms with Crippen LogP contribution < -0.4 is 16.0 Å². The lowest BCUT2D eigenvalue weighted by atomic mass is 10.1. The Morgan fingerprint density at radius 3 is 2.64 bits per heavy atom. The smallest absolute Gasteiger partial charge is 0.319 e. The van der Waals surface area contributed by atoms with Crippen molar-refractivity contribution in [2.75, 3.05) is 10.6 Å². The second-order valence-electron chi connectivity index (χ2n) is 6.08. The van der Waals surface area contributed by atoms with Crippen molar-refractivity contribution in [2.45, 2.75) is 52.5 Å². The first-order chi connectivity index (χ1) is 10.5. The van der Waals surface area contributed by atoms with Gasteiger partial charge in [-0.05, 0) is 50.8 Å². The number of nitrogens with one attached hydrogen (secondary N) is 3. The van der Waals surface area contributed by atoms with Crippen molar-refractivity contribution in [1.29, 1.82) is 0 Å². The van der Waals surface area contributed by atoms with Crippen LogP contribution in [0.1, 0.15) is 45.1 Å². The predicted molar refractivity (Wildman–Crippen MR) is 89.1 cm³/mol. The summed E-state index contributed by atoms with van der Waals surface area (Å²) >= 11 is 0. The van der Waals surface area contributed by atoms with Crippen LogP contribution in [0.2, 0.25) is 0 Å². The molecule has 1 aliphatic rings. The monoisotopic (exact) mass is 303 g/mol. The molecular formula is C17H25N3O2. The van der Waals surface area contributed by atoms with Gasteiger partial charge in [0.25, 0.3) is 0 Å². The number of urea groups is 1. The lowest BCUT2D eigenvalue weighted by Gasteiger charge is -2.15. The number of carbonyl (C=O) groups excluding carboxylic acids is 2. The molecule has 3 N–H and O–H groups in total. The fourth-order valence-electron chi connectivity index (χ4n) is 2.31. The van der Waals surface area contributed by atoms with Gasteiger partial charge in [0.15, 0.2) is 0 Å². The van der Waals surface area contributed by atoms with Crippen molar-refractivity contribution >= 4 is 23.3 Å². The number of rotatable bonds is 6. The summed E-state index contributed by atoms with van der Waals surface area (Å²) in [5.41, 5.74) is 2.40. The standard InChI is InChI=1S/C17H25N3O2/c1-4-5-12(3)18-17(22)20-15-10-14(9-6-11(15)2)19-16(21)13-7-8-13/h6,9-10,12-13H,4-5,7-8H2,1-3H3,(H,19,21)(H2,18,20,22)/t12-/m0/s1. The van der Waals surface area contributed by atoms with E-state index in [9.17, 15) is 9.59 Å². The van der Waals surface area contributed by atoms with Crippen molar-refractivity contribution in [1.82, 2.24) is 5.32 Å². The molecule has 0 bridgehead atoms. The minimum absolute atomic E-state index is 0.0656. The van der Waals surface area contributed by atoms with Gasteiger partial charge in [0.05, 0.1) is 0 Å². The van der Waals surface area contributed by atoms with Crippen molar-refractivity contribution in [3.8, 4) is 0 Å². The summed E-state index contributed by atoms with van der Waals surface area (Å²) in [5, 5.41) is 8.66. The molecule has 5 nitrogen and oxygen atoms in total. The molecule has 0 saturated heterocycles. The molecule has 1 aromatic carbocycles. The molecule has 0 heterocycles. The van der Waals surface area contributed by atoms with E-state index in [0.717, 1.165) is 42.6 Å². The normalized spacial score (nSPS) is 15.0. The molecule has 1 saturated carbocycles. The fourth-order valence-corrected chi connectivity index (χ4v) is 2.31. The molecule has 0 spiro atoms. The van der Waals surface area contributed by atoms with E-state index in [-0.39, 0.29) is 23.9 Å². The highest BCUT2D eigenvalue weighted by Gasteiger charge is 2.29. The number of amides is 3. The SMILES string of the molecule is CCC[C@H](C)NC(=O)Nc1cc(NC(=O)C2CC2)ccc1C. The number of carbonyl (C=O) groups is 2. The minimum atomic E-state index is -0.213. The van der Waals surface area contributed by atoms with Gasteiger partial charge in [-0.15, -0.1) is 0 Å². The van der Waals surface area contributed by atoms with Crippen LogP contribution in [0, 0.1) is 12.8 Å². The summed E-state index contributed by atoms with van der Waals surface area (Å²) < 4.78 is 0. The molecule has 5 heteroatoms. The van der Waals surface area contributed by atoms with Gasteiger partial charge < -0.3 is 16.0 Å². The van der Waals surface area contributed by atoms with Gasteiger partial charge in [-0.2, -0.15) is 0 Å². The van der Waals surface area contributed by atoms with Crippen LogP contribution in [-0.2, 0) is 4.79 Å². The molecule has 120 valence electrons. The summed E-state index contributed by atoms with van der Waals surface area (Å²) in [5.74, 6) is 0.228. The minimum Gasteiger partial charge on any atom is -0.335 e. The summed E-state index contributed by atoms with van der Waals surface area (Å²) in [6.07, 6.45) is 3.92. The zero-order valence-electron chi connectivity index (χ0n) is 13.5. The van der Waals surface area contributed by atoms with E-state index in [1.165, 1.54) is 0 Å². The summed E-state index contributed by atoms with van der Waals surface area (Å²) in [4.78, 5) is 23.8. The summed E-state index contributed by atoms with van der Waals surface area (Å²) in [7, 11) is 0. The van der Waals surface area contributed by atoms with Crippen LogP contribution in [0.3, 0.4) is 0 Å². The first kappa shape index (κ1) is 16.3. The highest BCUT2D eigenvalue weighted by molar-refractivity contribution is 5.96. The molecule has 1 fully saturated rings. The third-order valence-corrected chi connectivity index (χ3v) is 3.80.